The zero-order valence-corrected chi connectivity index (χ0v) is 12.3. The summed E-state index contributed by atoms with van der Waals surface area (Å²) in [6.07, 6.45) is 0. The quantitative estimate of drug-likeness (QED) is 0.616. The molecule has 1 fully saturated rings. The largest absolute Gasteiger partial charge is 0.368 e. The lowest BCUT2D eigenvalue weighted by molar-refractivity contribution is -0.136. The molecule has 1 saturated heterocycles. The molecule has 6 heteroatoms. The topological polar surface area (TPSA) is 87.5 Å². The number of amides is 2. The fourth-order valence-electron chi connectivity index (χ4n) is 2.25. The number of rotatable bonds is 5. The number of carbonyl (C=O) groups excluding carboxylic acids is 2. The highest BCUT2D eigenvalue weighted by Gasteiger charge is 2.37. The second-order valence-electron chi connectivity index (χ2n) is 5.89. The molecule has 0 aromatic carbocycles. The highest BCUT2D eigenvalue weighted by Crippen LogP contribution is 2.16. The lowest BCUT2D eigenvalue weighted by atomic mass is 9.97. The summed E-state index contributed by atoms with van der Waals surface area (Å²) >= 11 is 0. The Kier molecular flexibility index (Phi) is 5.31. The molecular formula is C13H26N4O2. The van der Waals surface area contributed by atoms with Gasteiger partial charge in [-0.25, -0.2) is 0 Å². The molecule has 1 aliphatic heterocycles. The first-order valence-electron chi connectivity index (χ1n) is 6.83. The summed E-state index contributed by atoms with van der Waals surface area (Å²) in [7, 11) is 0. The van der Waals surface area contributed by atoms with Crippen molar-refractivity contribution in [2.75, 3.05) is 26.2 Å². The van der Waals surface area contributed by atoms with E-state index in [1.54, 1.807) is 0 Å². The van der Waals surface area contributed by atoms with Crippen molar-refractivity contribution in [1.82, 2.24) is 15.5 Å². The molecule has 1 heterocycles. The molecule has 1 atom stereocenters. The van der Waals surface area contributed by atoms with Crippen molar-refractivity contribution in [3.05, 3.63) is 0 Å². The van der Waals surface area contributed by atoms with Gasteiger partial charge >= 0.3 is 0 Å². The Hall–Kier alpha value is -1.14. The van der Waals surface area contributed by atoms with Crippen LogP contribution in [0.2, 0.25) is 0 Å². The van der Waals surface area contributed by atoms with Gasteiger partial charge in [0.25, 0.3) is 0 Å². The van der Waals surface area contributed by atoms with Crippen LogP contribution in [0.4, 0.5) is 0 Å². The molecule has 0 aromatic rings. The third-order valence-electron chi connectivity index (χ3n) is 3.72. The monoisotopic (exact) mass is 270 g/mol. The van der Waals surface area contributed by atoms with E-state index >= 15 is 0 Å². The second kappa shape index (κ2) is 6.34. The summed E-state index contributed by atoms with van der Waals surface area (Å²) in [6.45, 7) is 10.9. The van der Waals surface area contributed by atoms with Gasteiger partial charge in [-0.1, -0.05) is 13.8 Å². The van der Waals surface area contributed by atoms with Gasteiger partial charge in [0.2, 0.25) is 11.8 Å². The molecule has 1 aliphatic rings. The maximum Gasteiger partial charge on any atom is 0.240 e. The fourth-order valence-corrected chi connectivity index (χ4v) is 2.25. The Bertz CT molecular complexity index is 336. The fraction of sp³-hybridized carbons (Fsp3) is 0.846. The molecule has 6 nitrogen and oxygen atoms in total. The van der Waals surface area contributed by atoms with E-state index in [-0.39, 0.29) is 11.8 Å². The lowest BCUT2D eigenvalue weighted by Gasteiger charge is -2.40. The first-order valence-corrected chi connectivity index (χ1v) is 6.83. The molecule has 1 unspecified atom stereocenters. The summed E-state index contributed by atoms with van der Waals surface area (Å²) in [5.74, 6) is -0.647. The predicted octanol–water partition coefficient (Wildman–Crippen LogP) is -0.704. The van der Waals surface area contributed by atoms with Gasteiger partial charge in [0.05, 0.1) is 5.54 Å². The van der Waals surface area contributed by atoms with E-state index in [2.05, 4.69) is 15.5 Å². The van der Waals surface area contributed by atoms with Crippen LogP contribution in [0.3, 0.4) is 0 Å². The van der Waals surface area contributed by atoms with E-state index in [9.17, 15) is 9.59 Å². The van der Waals surface area contributed by atoms with Gasteiger partial charge in [0.1, 0.15) is 6.04 Å². The number of hydrogen-bond acceptors (Lipinski definition) is 4. The zero-order chi connectivity index (χ0) is 14.6. The highest BCUT2D eigenvalue weighted by atomic mass is 16.2. The molecule has 0 radical (unpaired) electrons. The molecule has 0 aliphatic carbocycles. The Morgan fingerprint density at radius 3 is 2.21 bits per heavy atom. The van der Waals surface area contributed by atoms with Crippen LogP contribution >= 0.6 is 0 Å². The van der Waals surface area contributed by atoms with Crippen molar-refractivity contribution in [2.45, 2.75) is 39.3 Å². The molecule has 0 spiro atoms. The van der Waals surface area contributed by atoms with E-state index in [1.165, 1.54) is 0 Å². The van der Waals surface area contributed by atoms with Crippen molar-refractivity contribution in [3.63, 3.8) is 0 Å². The number of carbonyl (C=O) groups is 2. The summed E-state index contributed by atoms with van der Waals surface area (Å²) in [5.41, 5.74) is 4.70. The second-order valence-corrected chi connectivity index (χ2v) is 5.89. The number of nitrogens with two attached hydrogens (primary N) is 1. The van der Waals surface area contributed by atoms with E-state index < -0.39 is 17.5 Å². The Morgan fingerprint density at radius 1 is 1.26 bits per heavy atom. The van der Waals surface area contributed by atoms with Crippen LogP contribution in [0.25, 0.3) is 0 Å². The molecular weight excluding hydrogens is 244 g/mol. The van der Waals surface area contributed by atoms with E-state index in [1.807, 2.05) is 27.7 Å². The van der Waals surface area contributed by atoms with Crippen molar-refractivity contribution < 1.29 is 9.59 Å². The molecule has 110 valence electrons. The maximum atomic E-state index is 12.4. The first-order chi connectivity index (χ1) is 8.76. The van der Waals surface area contributed by atoms with Crippen molar-refractivity contribution in [1.29, 1.82) is 0 Å². The minimum Gasteiger partial charge on any atom is -0.368 e. The molecule has 0 aromatic heterocycles. The molecule has 2 amide bonds. The number of primary amides is 1. The number of nitrogens with zero attached hydrogens (tertiary/aromatic N) is 1. The van der Waals surface area contributed by atoms with Crippen LogP contribution < -0.4 is 16.4 Å². The standard InChI is InChI=1S/C13H26N4O2/c1-9(2)10(11(14)18)16-12(19)13(3,4)17-7-5-15-6-8-17/h9-10,15H,5-8H2,1-4H3,(H2,14,18)(H,16,19). The van der Waals surface area contributed by atoms with Gasteiger partial charge in [-0.15, -0.1) is 0 Å². The van der Waals surface area contributed by atoms with Gasteiger partial charge in [-0.3, -0.25) is 14.5 Å². The third-order valence-corrected chi connectivity index (χ3v) is 3.72. The Balaban J connectivity index is 2.71. The highest BCUT2D eigenvalue weighted by molar-refractivity contribution is 5.91. The molecule has 19 heavy (non-hydrogen) atoms. The number of nitrogens with one attached hydrogen (secondary N) is 2. The number of hydrogen-bond donors (Lipinski definition) is 3. The van der Waals surface area contributed by atoms with Gasteiger partial charge in [-0.2, -0.15) is 0 Å². The predicted molar refractivity (Wildman–Crippen MR) is 74.5 cm³/mol. The smallest absolute Gasteiger partial charge is 0.240 e. The van der Waals surface area contributed by atoms with Crippen LogP contribution in [0.15, 0.2) is 0 Å². The minimum atomic E-state index is -0.634. The van der Waals surface area contributed by atoms with E-state index in [0.29, 0.717) is 0 Å². The molecule has 1 rings (SSSR count). The summed E-state index contributed by atoms with van der Waals surface area (Å²) in [6, 6.07) is -0.616. The normalized spacial score (nSPS) is 19.2. The summed E-state index contributed by atoms with van der Waals surface area (Å²) < 4.78 is 0. The van der Waals surface area contributed by atoms with Gasteiger partial charge in [-0.05, 0) is 19.8 Å². The summed E-state index contributed by atoms with van der Waals surface area (Å²) in [4.78, 5) is 25.9. The van der Waals surface area contributed by atoms with Crippen molar-refractivity contribution in [2.24, 2.45) is 11.7 Å². The van der Waals surface area contributed by atoms with Crippen LogP contribution in [0.5, 0.6) is 0 Å². The Morgan fingerprint density at radius 2 is 1.79 bits per heavy atom. The first kappa shape index (κ1) is 15.9. The average Bonchev–Trinajstić information content (AvgIpc) is 2.35. The summed E-state index contributed by atoms with van der Waals surface area (Å²) in [5, 5.41) is 6.03. The van der Waals surface area contributed by atoms with Gasteiger partial charge in [0, 0.05) is 26.2 Å². The molecule has 0 saturated carbocycles. The lowest BCUT2D eigenvalue weighted by Crippen LogP contribution is -2.62. The minimum absolute atomic E-state index is 0.0136. The van der Waals surface area contributed by atoms with E-state index in [4.69, 9.17) is 5.73 Å². The van der Waals surface area contributed by atoms with Crippen LogP contribution in [0.1, 0.15) is 27.7 Å². The molecule has 0 bridgehead atoms. The SMILES string of the molecule is CC(C)C(NC(=O)C(C)(C)N1CCNCC1)C(N)=O. The van der Waals surface area contributed by atoms with Crippen molar-refractivity contribution >= 4 is 11.8 Å². The van der Waals surface area contributed by atoms with Crippen LogP contribution in [-0.4, -0.2) is 54.5 Å². The van der Waals surface area contributed by atoms with Crippen LogP contribution in [-0.2, 0) is 9.59 Å². The third kappa shape index (κ3) is 3.91. The van der Waals surface area contributed by atoms with Gasteiger partial charge in [0.15, 0.2) is 0 Å². The van der Waals surface area contributed by atoms with Crippen molar-refractivity contribution in [3.8, 4) is 0 Å². The van der Waals surface area contributed by atoms with Gasteiger partial charge < -0.3 is 16.4 Å². The molecule has 4 N–H and O–H groups in total. The maximum absolute atomic E-state index is 12.4. The zero-order valence-electron chi connectivity index (χ0n) is 12.3. The average molecular weight is 270 g/mol. The van der Waals surface area contributed by atoms with E-state index in [0.717, 1.165) is 26.2 Å². The Labute approximate surface area is 115 Å². The number of piperazine rings is 1. The van der Waals surface area contributed by atoms with Crippen LogP contribution in [0, 0.1) is 5.92 Å².